The van der Waals surface area contributed by atoms with E-state index in [0.29, 0.717) is 11.3 Å². The van der Waals surface area contributed by atoms with Gasteiger partial charge in [-0.05, 0) is 36.1 Å². The lowest BCUT2D eigenvalue weighted by Gasteiger charge is -2.30. The molecule has 0 radical (unpaired) electrons. The van der Waals surface area contributed by atoms with Crippen molar-refractivity contribution in [3.63, 3.8) is 0 Å². The monoisotopic (exact) mass is 258 g/mol. The van der Waals surface area contributed by atoms with Gasteiger partial charge in [0.2, 0.25) is 0 Å². The van der Waals surface area contributed by atoms with E-state index in [4.69, 9.17) is 0 Å². The maximum atomic E-state index is 4.24. The van der Waals surface area contributed by atoms with Crippen molar-refractivity contribution in [2.45, 2.75) is 31.1 Å². The molecule has 2 unspecified atom stereocenters. The van der Waals surface area contributed by atoms with Crippen LogP contribution < -0.4 is 5.32 Å². The number of hydrogen-bond donors (Lipinski definition) is 1. The van der Waals surface area contributed by atoms with Gasteiger partial charge in [0, 0.05) is 34.8 Å². The number of benzene rings is 1. The number of hydrogen-bond acceptors (Lipinski definition) is 3. The van der Waals surface area contributed by atoms with E-state index in [-0.39, 0.29) is 0 Å². The number of aromatic nitrogens is 1. The zero-order chi connectivity index (χ0) is 12.4. The fourth-order valence-electron chi connectivity index (χ4n) is 2.55. The van der Waals surface area contributed by atoms with Crippen molar-refractivity contribution >= 4 is 28.2 Å². The highest BCUT2D eigenvalue weighted by atomic mass is 32.2. The van der Waals surface area contributed by atoms with Gasteiger partial charge >= 0.3 is 0 Å². The van der Waals surface area contributed by atoms with Gasteiger partial charge in [0.1, 0.15) is 0 Å². The number of pyridine rings is 1. The zero-order valence-electron chi connectivity index (χ0n) is 10.6. The molecule has 0 amide bonds. The van der Waals surface area contributed by atoms with Crippen molar-refractivity contribution in [1.29, 1.82) is 0 Å². The Labute approximate surface area is 112 Å². The largest absolute Gasteiger partial charge is 0.381 e. The Balaban J connectivity index is 1.90. The summed E-state index contributed by atoms with van der Waals surface area (Å²) in [5.74, 6) is 1.30. The van der Waals surface area contributed by atoms with Crippen LogP contribution in [0.1, 0.15) is 19.8 Å². The molecule has 1 saturated heterocycles. The van der Waals surface area contributed by atoms with E-state index in [0.717, 1.165) is 0 Å². The molecule has 18 heavy (non-hydrogen) atoms. The molecule has 1 aliphatic heterocycles. The molecule has 1 fully saturated rings. The van der Waals surface area contributed by atoms with E-state index >= 15 is 0 Å². The van der Waals surface area contributed by atoms with Gasteiger partial charge < -0.3 is 5.32 Å². The van der Waals surface area contributed by atoms with Crippen LogP contribution in [0.4, 0.5) is 5.69 Å². The molecule has 0 spiro atoms. The highest BCUT2D eigenvalue weighted by molar-refractivity contribution is 8.00. The van der Waals surface area contributed by atoms with Crippen molar-refractivity contribution < 1.29 is 0 Å². The fraction of sp³-hybridized carbons (Fsp3) is 0.400. The predicted octanol–water partition coefficient (Wildman–Crippen LogP) is 3.93. The molecule has 3 heteroatoms. The average molecular weight is 258 g/mol. The predicted molar refractivity (Wildman–Crippen MR) is 80.3 cm³/mol. The lowest BCUT2D eigenvalue weighted by Crippen LogP contribution is -2.32. The van der Waals surface area contributed by atoms with E-state index in [2.05, 4.69) is 53.3 Å². The lowest BCUT2D eigenvalue weighted by molar-refractivity contribution is 0.618. The van der Waals surface area contributed by atoms with E-state index in [1.807, 2.05) is 12.4 Å². The highest BCUT2D eigenvalue weighted by Crippen LogP contribution is 2.30. The van der Waals surface area contributed by atoms with Crippen LogP contribution in [0.15, 0.2) is 36.7 Å². The molecule has 0 aliphatic carbocycles. The van der Waals surface area contributed by atoms with Gasteiger partial charge in [0.15, 0.2) is 0 Å². The first-order chi connectivity index (χ1) is 8.84. The molecule has 2 atom stereocenters. The molecule has 2 nitrogen and oxygen atoms in total. The molecule has 1 aromatic carbocycles. The van der Waals surface area contributed by atoms with Gasteiger partial charge in [-0.25, -0.2) is 0 Å². The number of rotatable bonds is 2. The van der Waals surface area contributed by atoms with Crippen LogP contribution in [-0.2, 0) is 0 Å². The molecule has 2 aromatic rings. The molecule has 94 valence electrons. The third-order valence-electron chi connectivity index (χ3n) is 3.63. The van der Waals surface area contributed by atoms with Crippen molar-refractivity contribution in [3.8, 4) is 0 Å². The molecule has 0 saturated carbocycles. The minimum atomic E-state index is 0.578. The van der Waals surface area contributed by atoms with Crippen LogP contribution in [0.25, 0.3) is 10.8 Å². The van der Waals surface area contributed by atoms with E-state index < -0.39 is 0 Å². The van der Waals surface area contributed by atoms with Crippen LogP contribution in [0.5, 0.6) is 0 Å². The summed E-state index contributed by atoms with van der Waals surface area (Å²) in [5, 5.41) is 6.88. The van der Waals surface area contributed by atoms with Crippen molar-refractivity contribution in [1.82, 2.24) is 4.98 Å². The zero-order valence-corrected chi connectivity index (χ0v) is 11.4. The number of anilines is 1. The fourth-order valence-corrected chi connectivity index (χ4v) is 3.69. The summed E-state index contributed by atoms with van der Waals surface area (Å²) in [7, 11) is 0. The maximum absolute atomic E-state index is 4.24. The van der Waals surface area contributed by atoms with E-state index in [1.165, 1.54) is 35.1 Å². The highest BCUT2D eigenvalue weighted by Gasteiger charge is 2.21. The Bertz CT molecular complexity index is 536. The SMILES string of the molecule is CC1SCCCC1Nc1cccc2ccncc12. The number of fused-ring (bicyclic) bond motifs is 1. The van der Waals surface area contributed by atoms with Gasteiger partial charge in [-0.3, -0.25) is 4.98 Å². The second-order valence-corrected chi connectivity index (χ2v) is 6.36. The second-order valence-electron chi connectivity index (χ2n) is 4.87. The second kappa shape index (κ2) is 5.19. The van der Waals surface area contributed by atoms with Gasteiger partial charge in [-0.1, -0.05) is 19.1 Å². The van der Waals surface area contributed by atoms with Crippen LogP contribution in [-0.4, -0.2) is 22.0 Å². The summed E-state index contributed by atoms with van der Waals surface area (Å²) in [6.07, 6.45) is 6.39. The smallest absolute Gasteiger partial charge is 0.0438 e. The summed E-state index contributed by atoms with van der Waals surface area (Å²) in [5.41, 5.74) is 1.22. The van der Waals surface area contributed by atoms with Crippen molar-refractivity contribution in [3.05, 3.63) is 36.7 Å². The third-order valence-corrected chi connectivity index (χ3v) is 5.01. The molecule has 1 aliphatic rings. The first kappa shape index (κ1) is 11.8. The summed E-state index contributed by atoms with van der Waals surface area (Å²) < 4.78 is 0. The first-order valence-corrected chi connectivity index (χ1v) is 7.60. The molecule has 2 heterocycles. The molecular weight excluding hydrogens is 240 g/mol. The van der Waals surface area contributed by atoms with E-state index in [9.17, 15) is 0 Å². The van der Waals surface area contributed by atoms with Gasteiger partial charge in [-0.15, -0.1) is 0 Å². The summed E-state index contributed by atoms with van der Waals surface area (Å²) in [4.78, 5) is 4.24. The number of thioether (sulfide) groups is 1. The van der Waals surface area contributed by atoms with Crippen LogP contribution in [0, 0.1) is 0 Å². The summed E-state index contributed by atoms with van der Waals surface area (Å²) in [6.45, 7) is 2.32. The Kier molecular flexibility index (Phi) is 3.41. The average Bonchev–Trinajstić information content (AvgIpc) is 2.42. The lowest BCUT2D eigenvalue weighted by atomic mass is 10.1. The van der Waals surface area contributed by atoms with Crippen LogP contribution in [0.2, 0.25) is 0 Å². The van der Waals surface area contributed by atoms with Gasteiger partial charge in [0.25, 0.3) is 0 Å². The van der Waals surface area contributed by atoms with Crippen LogP contribution >= 0.6 is 11.8 Å². The van der Waals surface area contributed by atoms with Crippen molar-refractivity contribution in [2.24, 2.45) is 0 Å². The number of nitrogens with zero attached hydrogens (tertiary/aromatic N) is 1. The Morgan fingerprint density at radius 1 is 1.33 bits per heavy atom. The minimum Gasteiger partial charge on any atom is -0.381 e. The maximum Gasteiger partial charge on any atom is 0.0438 e. The van der Waals surface area contributed by atoms with Gasteiger partial charge in [0.05, 0.1) is 0 Å². The topological polar surface area (TPSA) is 24.9 Å². The third kappa shape index (κ3) is 2.32. The summed E-state index contributed by atoms with van der Waals surface area (Å²) >= 11 is 2.07. The quantitative estimate of drug-likeness (QED) is 0.883. The molecule has 3 rings (SSSR count). The molecular formula is C15H18N2S. The Morgan fingerprint density at radius 2 is 2.28 bits per heavy atom. The van der Waals surface area contributed by atoms with Crippen molar-refractivity contribution in [2.75, 3.05) is 11.1 Å². The standard InChI is InChI=1S/C15H18N2S/c1-11-14(6-3-9-18-11)17-15-5-2-4-12-7-8-16-10-13(12)15/h2,4-5,7-8,10-11,14,17H,3,6,9H2,1H3. The normalized spacial score (nSPS) is 24.1. The van der Waals surface area contributed by atoms with E-state index in [1.54, 1.807) is 0 Å². The Morgan fingerprint density at radius 3 is 3.17 bits per heavy atom. The number of nitrogens with one attached hydrogen (secondary N) is 1. The first-order valence-electron chi connectivity index (χ1n) is 6.55. The van der Waals surface area contributed by atoms with Crippen LogP contribution in [0.3, 0.4) is 0 Å². The molecule has 0 bridgehead atoms. The van der Waals surface area contributed by atoms with Gasteiger partial charge in [-0.2, -0.15) is 11.8 Å². The minimum absolute atomic E-state index is 0.578. The molecule has 1 aromatic heterocycles. The summed E-state index contributed by atoms with van der Waals surface area (Å²) in [6, 6.07) is 9.07. The molecule has 1 N–H and O–H groups in total. The Hall–Kier alpha value is -1.22.